The lowest BCUT2D eigenvalue weighted by atomic mass is 10.1. The third kappa shape index (κ3) is 5.63. The van der Waals surface area contributed by atoms with Gasteiger partial charge in [0.25, 0.3) is 0 Å². The van der Waals surface area contributed by atoms with Crippen molar-refractivity contribution in [2.24, 2.45) is 0 Å². The first kappa shape index (κ1) is 24.3. The van der Waals surface area contributed by atoms with E-state index in [1.54, 1.807) is 39.8 Å². The molecule has 0 aliphatic rings. The van der Waals surface area contributed by atoms with Crippen LogP contribution in [0.5, 0.6) is 23.0 Å². The zero-order chi connectivity index (χ0) is 24.8. The Morgan fingerprint density at radius 2 is 1.57 bits per heavy atom. The maximum Gasteiger partial charge on any atom is 0.162 e. The second-order valence-corrected chi connectivity index (χ2v) is 8.61. The van der Waals surface area contributed by atoms with E-state index in [1.165, 1.54) is 4.88 Å². The highest BCUT2D eigenvalue weighted by Gasteiger charge is 2.13. The van der Waals surface area contributed by atoms with E-state index in [9.17, 15) is 0 Å². The molecule has 1 N–H and O–H groups in total. The molecule has 2 aromatic carbocycles. The number of nitrogens with zero attached hydrogens (tertiary/aromatic N) is 3. The summed E-state index contributed by atoms with van der Waals surface area (Å²) in [6.07, 6.45) is 4.64. The third-order valence-corrected chi connectivity index (χ3v) is 6.50. The Hall–Kier alpha value is -3.85. The molecule has 0 fully saturated rings. The highest BCUT2D eigenvalue weighted by molar-refractivity contribution is 7.09. The molecule has 0 radical (unpaired) electrons. The number of aromatic nitrogens is 3. The fraction of sp³-hybridized carbons (Fsp3) is 0.269. The standard InChI is InChI=1S/C26H28N4O4S/c1-16-24(35-15-28-16)8-9-27-26-20-13-22(33-4)23(34-5)14-21(20)29-25(30-26)7-6-17-10-18(31-2)12-19(11-17)32-3/h6-7,10-15H,8-9H2,1-5H3,(H,27,29,30)/b7-6+. The van der Waals surface area contributed by atoms with Crippen LogP contribution in [0.4, 0.5) is 5.82 Å². The van der Waals surface area contributed by atoms with Crippen LogP contribution in [-0.2, 0) is 6.42 Å². The molecule has 0 saturated carbocycles. The van der Waals surface area contributed by atoms with E-state index < -0.39 is 0 Å². The van der Waals surface area contributed by atoms with Crippen molar-refractivity contribution in [2.45, 2.75) is 13.3 Å². The van der Waals surface area contributed by atoms with E-state index in [2.05, 4.69) is 10.3 Å². The number of fused-ring (bicyclic) bond motifs is 1. The van der Waals surface area contributed by atoms with Gasteiger partial charge < -0.3 is 24.3 Å². The zero-order valence-electron chi connectivity index (χ0n) is 20.4. The molecule has 9 heteroatoms. The first-order valence-electron chi connectivity index (χ1n) is 11.0. The van der Waals surface area contributed by atoms with Gasteiger partial charge in [0, 0.05) is 35.4 Å². The van der Waals surface area contributed by atoms with E-state index in [4.69, 9.17) is 28.9 Å². The molecule has 0 aliphatic carbocycles. The molecular weight excluding hydrogens is 464 g/mol. The smallest absolute Gasteiger partial charge is 0.162 e. The van der Waals surface area contributed by atoms with Gasteiger partial charge in [0.05, 0.1) is 45.2 Å². The van der Waals surface area contributed by atoms with Crippen LogP contribution in [0.1, 0.15) is 22.0 Å². The topological polar surface area (TPSA) is 87.6 Å². The predicted octanol–water partition coefficient (Wildman–Crippen LogP) is 5.25. The summed E-state index contributed by atoms with van der Waals surface area (Å²) in [7, 11) is 6.48. The van der Waals surface area contributed by atoms with Crippen molar-refractivity contribution in [3.05, 3.63) is 57.8 Å². The van der Waals surface area contributed by atoms with Gasteiger partial charge in [-0.15, -0.1) is 11.3 Å². The van der Waals surface area contributed by atoms with Crippen LogP contribution in [0.25, 0.3) is 23.1 Å². The van der Waals surface area contributed by atoms with Gasteiger partial charge in [-0.2, -0.15) is 0 Å². The van der Waals surface area contributed by atoms with Crippen molar-refractivity contribution >= 4 is 40.2 Å². The lowest BCUT2D eigenvalue weighted by molar-refractivity contribution is 0.356. The highest BCUT2D eigenvalue weighted by atomic mass is 32.1. The fourth-order valence-electron chi connectivity index (χ4n) is 3.64. The number of ether oxygens (including phenoxy) is 4. The number of anilines is 1. The predicted molar refractivity (Wildman–Crippen MR) is 140 cm³/mol. The molecular formula is C26H28N4O4S. The molecule has 0 bridgehead atoms. The van der Waals surface area contributed by atoms with E-state index in [0.29, 0.717) is 35.4 Å². The molecule has 8 nitrogen and oxygen atoms in total. The van der Waals surface area contributed by atoms with E-state index >= 15 is 0 Å². The Morgan fingerprint density at radius 3 is 2.20 bits per heavy atom. The van der Waals surface area contributed by atoms with Gasteiger partial charge in [-0.05, 0) is 36.8 Å². The van der Waals surface area contributed by atoms with Crippen LogP contribution in [0.2, 0.25) is 0 Å². The number of hydrogen-bond donors (Lipinski definition) is 1. The summed E-state index contributed by atoms with van der Waals surface area (Å²) in [4.78, 5) is 15.1. The molecule has 35 heavy (non-hydrogen) atoms. The first-order valence-corrected chi connectivity index (χ1v) is 11.9. The minimum absolute atomic E-state index is 0.558. The second-order valence-electron chi connectivity index (χ2n) is 7.67. The maximum atomic E-state index is 5.51. The van der Waals surface area contributed by atoms with Gasteiger partial charge in [-0.1, -0.05) is 6.08 Å². The SMILES string of the molecule is COc1cc(/C=C/c2nc(NCCc3scnc3C)c3cc(OC)c(OC)cc3n2)cc(OC)c1. The van der Waals surface area contributed by atoms with E-state index in [-0.39, 0.29) is 0 Å². The summed E-state index contributed by atoms with van der Waals surface area (Å²) < 4.78 is 21.7. The molecule has 182 valence electrons. The average molecular weight is 493 g/mol. The number of hydrogen-bond acceptors (Lipinski definition) is 9. The minimum atomic E-state index is 0.558. The van der Waals surface area contributed by atoms with E-state index in [0.717, 1.165) is 34.4 Å². The third-order valence-electron chi connectivity index (χ3n) is 5.51. The Balaban J connectivity index is 1.70. The normalized spacial score (nSPS) is 11.1. The van der Waals surface area contributed by atoms with E-state index in [1.807, 2.05) is 54.9 Å². The van der Waals surface area contributed by atoms with Crippen LogP contribution in [0.3, 0.4) is 0 Å². The van der Waals surface area contributed by atoms with Crippen molar-refractivity contribution in [1.82, 2.24) is 15.0 Å². The second kappa shape index (κ2) is 11.1. The first-order chi connectivity index (χ1) is 17.0. The van der Waals surface area contributed by atoms with Crippen molar-refractivity contribution in [1.29, 1.82) is 0 Å². The summed E-state index contributed by atoms with van der Waals surface area (Å²) in [5, 5.41) is 4.33. The number of thiazole rings is 1. The van der Waals surface area contributed by atoms with Crippen molar-refractivity contribution in [3.8, 4) is 23.0 Å². The minimum Gasteiger partial charge on any atom is -0.497 e. The summed E-state index contributed by atoms with van der Waals surface area (Å²) >= 11 is 1.66. The lowest BCUT2D eigenvalue weighted by Gasteiger charge is -2.13. The van der Waals surface area contributed by atoms with Crippen LogP contribution in [0.15, 0.2) is 35.8 Å². The maximum absolute atomic E-state index is 5.51. The number of benzene rings is 2. The molecule has 0 saturated heterocycles. The van der Waals surface area contributed by atoms with Crippen molar-refractivity contribution in [3.63, 3.8) is 0 Å². The fourth-order valence-corrected chi connectivity index (χ4v) is 4.42. The van der Waals surface area contributed by atoms with Gasteiger partial charge >= 0.3 is 0 Å². The van der Waals surface area contributed by atoms with Crippen LogP contribution in [0, 0.1) is 6.92 Å². The Kier molecular flexibility index (Phi) is 7.67. The number of aryl methyl sites for hydroxylation is 1. The van der Waals surface area contributed by atoms with Gasteiger partial charge in [-0.25, -0.2) is 15.0 Å². The number of methoxy groups -OCH3 is 4. The van der Waals surface area contributed by atoms with Crippen LogP contribution in [-0.4, -0.2) is 49.9 Å². The Bertz CT molecular complexity index is 1330. The summed E-state index contributed by atoms with van der Waals surface area (Å²) in [6.45, 7) is 2.74. The average Bonchev–Trinajstić information content (AvgIpc) is 3.30. The largest absolute Gasteiger partial charge is 0.497 e. The Labute approximate surface area is 208 Å². The molecule has 0 unspecified atom stereocenters. The highest BCUT2D eigenvalue weighted by Crippen LogP contribution is 2.34. The molecule has 4 aromatic rings. The molecule has 2 aromatic heterocycles. The number of rotatable bonds is 10. The van der Waals surface area contributed by atoms with Gasteiger partial charge in [0.1, 0.15) is 17.3 Å². The van der Waals surface area contributed by atoms with Crippen molar-refractivity contribution < 1.29 is 18.9 Å². The summed E-state index contributed by atoms with van der Waals surface area (Å²) in [5.41, 5.74) is 4.59. The lowest BCUT2D eigenvalue weighted by Crippen LogP contribution is -2.08. The molecule has 0 atom stereocenters. The van der Waals surface area contributed by atoms with Crippen molar-refractivity contribution in [2.75, 3.05) is 40.3 Å². The van der Waals surface area contributed by atoms with Crippen LogP contribution >= 0.6 is 11.3 Å². The van der Waals surface area contributed by atoms with Gasteiger partial charge in [-0.3, -0.25) is 0 Å². The van der Waals surface area contributed by atoms with Gasteiger partial charge in [0.15, 0.2) is 17.3 Å². The van der Waals surface area contributed by atoms with Crippen LogP contribution < -0.4 is 24.3 Å². The zero-order valence-corrected chi connectivity index (χ0v) is 21.2. The molecule has 4 rings (SSSR count). The monoisotopic (exact) mass is 492 g/mol. The number of nitrogens with one attached hydrogen (secondary N) is 1. The molecule has 2 heterocycles. The van der Waals surface area contributed by atoms with Gasteiger partial charge in [0.2, 0.25) is 0 Å². The molecule has 0 spiro atoms. The summed E-state index contributed by atoms with van der Waals surface area (Å²) in [6, 6.07) is 9.43. The Morgan fingerprint density at radius 1 is 0.857 bits per heavy atom. The quantitative estimate of drug-likeness (QED) is 0.321. The summed E-state index contributed by atoms with van der Waals surface area (Å²) in [5.74, 6) is 3.93. The molecule has 0 amide bonds. The molecule has 0 aliphatic heterocycles.